The summed E-state index contributed by atoms with van der Waals surface area (Å²) in [4.78, 5) is 11.9. The van der Waals surface area contributed by atoms with Gasteiger partial charge >= 0.3 is 0 Å². The minimum Gasteiger partial charge on any atom is -0.494 e. The van der Waals surface area contributed by atoms with Crippen LogP contribution < -0.4 is 10.1 Å². The van der Waals surface area contributed by atoms with E-state index in [0.717, 1.165) is 5.75 Å². The molecule has 21 heavy (non-hydrogen) atoms. The summed E-state index contributed by atoms with van der Waals surface area (Å²) in [5.41, 5.74) is 0.209. The minimum atomic E-state index is -0.337. The van der Waals surface area contributed by atoms with Gasteiger partial charge in [-0.3, -0.25) is 4.79 Å². The fourth-order valence-electron chi connectivity index (χ4n) is 1.59. The van der Waals surface area contributed by atoms with Crippen molar-refractivity contribution in [1.29, 1.82) is 0 Å². The van der Waals surface area contributed by atoms with Crippen molar-refractivity contribution in [2.24, 2.45) is 0 Å². The molecule has 1 heterocycles. The molecule has 0 saturated carbocycles. The van der Waals surface area contributed by atoms with Gasteiger partial charge in [0.1, 0.15) is 5.75 Å². The smallest absolute Gasteiger partial charge is 0.254 e. The van der Waals surface area contributed by atoms with Gasteiger partial charge in [0.2, 0.25) is 0 Å². The SMILES string of the molecule is O=C(NCCCOc1ccccc1)c1cc(Cl)nnc1Cl. The van der Waals surface area contributed by atoms with Crippen LogP contribution in [-0.4, -0.2) is 29.3 Å². The van der Waals surface area contributed by atoms with E-state index in [4.69, 9.17) is 27.9 Å². The van der Waals surface area contributed by atoms with Gasteiger partial charge in [0.05, 0.1) is 12.2 Å². The first-order valence-electron chi connectivity index (χ1n) is 6.31. The average molecular weight is 326 g/mol. The molecule has 2 aromatic rings. The predicted octanol–water partition coefficient (Wildman–Crippen LogP) is 2.98. The molecule has 0 fully saturated rings. The number of hydrogen-bond acceptors (Lipinski definition) is 4. The van der Waals surface area contributed by atoms with Gasteiger partial charge in [0.25, 0.3) is 5.91 Å². The molecule has 0 unspecified atom stereocenters. The summed E-state index contributed by atoms with van der Waals surface area (Å²) < 4.78 is 5.52. The normalized spacial score (nSPS) is 10.2. The van der Waals surface area contributed by atoms with Gasteiger partial charge in [-0.2, -0.15) is 0 Å². The average Bonchev–Trinajstić information content (AvgIpc) is 2.50. The number of carbonyl (C=O) groups excluding carboxylic acids is 1. The molecule has 0 aliphatic carbocycles. The number of halogens is 2. The van der Waals surface area contributed by atoms with Crippen molar-refractivity contribution in [3.63, 3.8) is 0 Å². The maximum Gasteiger partial charge on any atom is 0.254 e. The van der Waals surface area contributed by atoms with Crippen LogP contribution in [0.25, 0.3) is 0 Å². The lowest BCUT2D eigenvalue weighted by Gasteiger charge is -2.08. The number of para-hydroxylation sites is 1. The van der Waals surface area contributed by atoms with Gasteiger partial charge in [-0.15, -0.1) is 10.2 Å². The molecule has 0 bridgehead atoms. The minimum absolute atomic E-state index is 0.0254. The molecule has 2 rings (SSSR count). The number of ether oxygens (including phenoxy) is 1. The Balaban J connectivity index is 1.73. The van der Waals surface area contributed by atoms with E-state index in [2.05, 4.69) is 15.5 Å². The lowest BCUT2D eigenvalue weighted by molar-refractivity contribution is 0.0951. The Hall–Kier alpha value is -1.85. The van der Waals surface area contributed by atoms with E-state index in [9.17, 15) is 4.79 Å². The molecule has 7 heteroatoms. The number of rotatable bonds is 6. The molecule has 1 N–H and O–H groups in total. The molecular formula is C14H13Cl2N3O2. The maximum absolute atomic E-state index is 11.9. The Labute approximate surface area is 132 Å². The van der Waals surface area contributed by atoms with Crippen molar-refractivity contribution in [2.75, 3.05) is 13.2 Å². The van der Waals surface area contributed by atoms with Crippen molar-refractivity contribution >= 4 is 29.1 Å². The predicted molar refractivity (Wildman–Crippen MR) is 80.9 cm³/mol. The molecule has 1 aromatic carbocycles. The first-order valence-corrected chi connectivity index (χ1v) is 7.07. The summed E-state index contributed by atoms with van der Waals surface area (Å²) in [6, 6.07) is 10.9. The number of nitrogens with one attached hydrogen (secondary N) is 1. The van der Waals surface area contributed by atoms with Crippen molar-refractivity contribution < 1.29 is 9.53 Å². The second kappa shape index (κ2) is 7.81. The van der Waals surface area contributed by atoms with Gasteiger partial charge in [-0.25, -0.2) is 0 Å². The third-order valence-corrected chi connectivity index (χ3v) is 3.05. The first kappa shape index (κ1) is 15.5. The highest BCUT2D eigenvalue weighted by molar-refractivity contribution is 6.34. The third kappa shape index (κ3) is 4.88. The Morgan fingerprint density at radius 3 is 2.71 bits per heavy atom. The Morgan fingerprint density at radius 1 is 1.19 bits per heavy atom. The van der Waals surface area contributed by atoms with Crippen LogP contribution in [0.5, 0.6) is 5.75 Å². The molecule has 0 saturated heterocycles. The zero-order valence-corrected chi connectivity index (χ0v) is 12.6. The quantitative estimate of drug-likeness (QED) is 0.829. The van der Waals surface area contributed by atoms with Gasteiger partial charge in [-0.1, -0.05) is 41.4 Å². The molecule has 0 radical (unpaired) electrons. The number of nitrogens with zero attached hydrogens (tertiary/aromatic N) is 2. The second-order valence-electron chi connectivity index (χ2n) is 4.14. The highest BCUT2D eigenvalue weighted by atomic mass is 35.5. The van der Waals surface area contributed by atoms with Crippen LogP contribution in [0.1, 0.15) is 16.8 Å². The molecule has 0 atom stereocenters. The van der Waals surface area contributed by atoms with Crippen LogP contribution in [0.2, 0.25) is 10.3 Å². The standard InChI is InChI=1S/C14H13Cl2N3O2/c15-12-9-11(13(16)19-18-12)14(20)17-7-4-8-21-10-5-2-1-3-6-10/h1-3,5-6,9H,4,7-8H2,(H,17,20). The number of carbonyl (C=O) groups is 1. The van der Waals surface area contributed by atoms with Gasteiger partial charge in [0.15, 0.2) is 10.3 Å². The summed E-state index contributed by atoms with van der Waals surface area (Å²) >= 11 is 11.5. The second-order valence-corrected chi connectivity index (χ2v) is 4.89. The highest BCUT2D eigenvalue weighted by Crippen LogP contribution is 2.15. The first-order chi connectivity index (χ1) is 10.2. The molecule has 5 nitrogen and oxygen atoms in total. The van der Waals surface area contributed by atoms with E-state index in [0.29, 0.717) is 19.6 Å². The van der Waals surface area contributed by atoms with E-state index < -0.39 is 0 Å². The Bertz CT molecular complexity index is 608. The molecule has 0 aliphatic heterocycles. The fourth-order valence-corrected chi connectivity index (χ4v) is 1.91. The van der Waals surface area contributed by atoms with Crippen molar-refractivity contribution in [2.45, 2.75) is 6.42 Å². The summed E-state index contributed by atoms with van der Waals surface area (Å²) in [5, 5.41) is 10.0. The highest BCUT2D eigenvalue weighted by Gasteiger charge is 2.12. The molecular weight excluding hydrogens is 313 g/mol. The monoisotopic (exact) mass is 325 g/mol. The molecule has 110 valence electrons. The van der Waals surface area contributed by atoms with E-state index in [1.54, 1.807) is 0 Å². The van der Waals surface area contributed by atoms with Crippen LogP contribution in [0.3, 0.4) is 0 Å². The van der Waals surface area contributed by atoms with Gasteiger partial charge in [0, 0.05) is 6.54 Å². The van der Waals surface area contributed by atoms with Gasteiger partial charge in [-0.05, 0) is 24.6 Å². The van der Waals surface area contributed by atoms with E-state index in [1.807, 2.05) is 30.3 Å². The number of benzene rings is 1. The largest absolute Gasteiger partial charge is 0.494 e. The summed E-state index contributed by atoms with van der Waals surface area (Å²) in [6.45, 7) is 0.968. The van der Waals surface area contributed by atoms with Crippen molar-refractivity contribution in [1.82, 2.24) is 15.5 Å². The summed E-state index contributed by atoms with van der Waals surface area (Å²) in [6.07, 6.45) is 0.671. The molecule has 0 aliphatic rings. The van der Waals surface area contributed by atoms with E-state index >= 15 is 0 Å². The van der Waals surface area contributed by atoms with Crippen LogP contribution in [0.15, 0.2) is 36.4 Å². The Kier molecular flexibility index (Phi) is 5.78. The van der Waals surface area contributed by atoms with E-state index in [1.165, 1.54) is 6.07 Å². The molecule has 1 amide bonds. The number of amides is 1. The number of aromatic nitrogens is 2. The molecule has 1 aromatic heterocycles. The van der Waals surface area contributed by atoms with Crippen molar-refractivity contribution in [3.8, 4) is 5.75 Å². The van der Waals surface area contributed by atoms with Crippen LogP contribution in [0.4, 0.5) is 0 Å². The zero-order chi connectivity index (χ0) is 15.1. The van der Waals surface area contributed by atoms with E-state index in [-0.39, 0.29) is 21.8 Å². The lowest BCUT2D eigenvalue weighted by Crippen LogP contribution is -2.26. The topological polar surface area (TPSA) is 64.1 Å². The van der Waals surface area contributed by atoms with Gasteiger partial charge < -0.3 is 10.1 Å². The van der Waals surface area contributed by atoms with Crippen LogP contribution in [-0.2, 0) is 0 Å². The fraction of sp³-hybridized carbons (Fsp3) is 0.214. The zero-order valence-electron chi connectivity index (χ0n) is 11.1. The number of hydrogen-bond donors (Lipinski definition) is 1. The van der Waals surface area contributed by atoms with Crippen LogP contribution >= 0.6 is 23.2 Å². The third-order valence-electron chi connectivity index (χ3n) is 2.58. The molecule has 0 spiro atoms. The lowest BCUT2D eigenvalue weighted by atomic mass is 10.3. The summed E-state index contributed by atoms with van der Waals surface area (Å²) in [7, 11) is 0. The van der Waals surface area contributed by atoms with Crippen LogP contribution in [0, 0.1) is 0 Å². The van der Waals surface area contributed by atoms with Crippen molar-refractivity contribution in [3.05, 3.63) is 52.3 Å². The summed E-state index contributed by atoms with van der Waals surface area (Å²) in [5.74, 6) is 0.466. The Morgan fingerprint density at radius 2 is 1.95 bits per heavy atom. The maximum atomic E-state index is 11.9.